The largest absolute Gasteiger partial charge is 0.488 e. The van der Waals surface area contributed by atoms with E-state index in [1.54, 1.807) is 37.7 Å². The summed E-state index contributed by atoms with van der Waals surface area (Å²) in [5.41, 5.74) is 2.66. The number of carbonyl (C=O) groups is 1. The minimum absolute atomic E-state index is 0.0000823. The van der Waals surface area contributed by atoms with Crippen LogP contribution < -0.4 is 10.6 Å². The van der Waals surface area contributed by atoms with Gasteiger partial charge in [-0.3, -0.25) is 4.79 Å². The first kappa shape index (κ1) is 25.8. The number of carbonyl (C=O) groups excluding carboxylic acids is 1. The molecule has 3 N–H and O–H groups in total. The van der Waals surface area contributed by atoms with E-state index in [1.807, 2.05) is 19.9 Å². The van der Waals surface area contributed by atoms with Gasteiger partial charge in [-0.05, 0) is 51.2 Å². The third-order valence-corrected chi connectivity index (χ3v) is 6.96. The second-order valence-electron chi connectivity index (χ2n) is 10.3. The van der Waals surface area contributed by atoms with Crippen molar-refractivity contribution >= 4 is 22.8 Å². The first-order chi connectivity index (χ1) is 18.2. The lowest BCUT2D eigenvalue weighted by molar-refractivity contribution is -0.119. The molecule has 3 aromatic heterocycles. The number of aliphatic hydroxyl groups is 1. The summed E-state index contributed by atoms with van der Waals surface area (Å²) >= 11 is 0. The molecule has 1 fully saturated rings. The molecule has 0 saturated heterocycles. The van der Waals surface area contributed by atoms with Gasteiger partial charge in [0.15, 0.2) is 5.82 Å². The fourth-order valence-electron chi connectivity index (χ4n) is 4.75. The van der Waals surface area contributed by atoms with Crippen molar-refractivity contribution in [2.75, 3.05) is 5.32 Å². The predicted octanol–water partition coefficient (Wildman–Crippen LogP) is 3.93. The van der Waals surface area contributed by atoms with E-state index in [0.717, 1.165) is 18.4 Å². The third-order valence-electron chi connectivity index (χ3n) is 6.96. The van der Waals surface area contributed by atoms with Crippen LogP contribution >= 0.6 is 0 Å². The Morgan fingerprint density at radius 3 is 2.74 bits per heavy atom. The lowest BCUT2D eigenvalue weighted by Gasteiger charge is -2.30. The summed E-state index contributed by atoms with van der Waals surface area (Å²) in [4.78, 5) is 21.3. The number of fused-ring (bicyclic) bond motifs is 1. The number of aryl methyl sites for hydroxylation is 1. The van der Waals surface area contributed by atoms with Gasteiger partial charge in [-0.15, -0.1) is 5.10 Å². The van der Waals surface area contributed by atoms with Crippen LogP contribution in [0.15, 0.2) is 48.8 Å². The first-order valence-electron chi connectivity index (χ1n) is 13.1. The standard InChI is InChI=1S/C28H33FN6O3/c1-16-12-31-26(32-13-16)8-17(2)28(37)33-27-11-19-10-22(24(29)15-35(19)34-27)23-9-18(3)30-14-25(23)38-21-6-4-20(36)5-7-21/h9-15,17-18,20-21,30,36H,4-8H2,1-3H3,(H,33,34,37). The van der Waals surface area contributed by atoms with E-state index < -0.39 is 5.82 Å². The highest BCUT2D eigenvalue weighted by Gasteiger charge is 2.26. The molecule has 38 heavy (non-hydrogen) atoms. The Bertz CT molecular complexity index is 1380. The number of aromatic nitrogens is 4. The molecule has 5 rings (SSSR count). The lowest BCUT2D eigenvalue weighted by Crippen LogP contribution is -2.28. The second-order valence-corrected chi connectivity index (χ2v) is 10.3. The van der Waals surface area contributed by atoms with Crippen LogP contribution in [0.2, 0.25) is 0 Å². The second kappa shape index (κ2) is 10.9. The number of anilines is 1. The molecule has 1 aliphatic heterocycles. The molecule has 200 valence electrons. The van der Waals surface area contributed by atoms with Crippen LogP contribution in [0.4, 0.5) is 10.2 Å². The van der Waals surface area contributed by atoms with E-state index >= 15 is 4.39 Å². The Kier molecular flexibility index (Phi) is 7.42. The Balaban J connectivity index is 1.33. The van der Waals surface area contributed by atoms with Gasteiger partial charge in [0.2, 0.25) is 5.91 Å². The summed E-state index contributed by atoms with van der Waals surface area (Å²) in [7, 11) is 0. The van der Waals surface area contributed by atoms with Crippen molar-refractivity contribution in [3.63, 3.8) is 0 Å². The fraction of sp³-hybridized carbons (Fsp3) is 0.429. The predicted molar refractivity (Wildman–Crippen MR) is 141 cm³/mol. The van der Waals surface area contributed by atoms with Gasteiger partial charge in [0.05, 0.1) is 23.9 Å². The summed E-state index contributed by atoms with van der Waals surface area (Å²) in [5.74, 6) is 0.472. The van der Waals surface area contributed by atoms with E-state index in [1.165, 1.54) is 10.7 Å². The molecular formula is C28H33FN6O3. The molecule has 1 saturated carbocycles. The summed E-state index contributed by atoms with van der Waals surface area (Å²) < 4.78 is 23.0. The number of pyridine rings is 1. The highest BCUT2D eigenvalue weighted by atomic mass is 19.1. The number of ether oxygens (including phenoxy) is 1. The maximum absolute atomic E-state index is 15.4. The van der Waals surface area contributed by atoms with Crippen molar-refractivity contribution in [3.05, 3.63) is 71.5 Å². The van der Waals surface area contributed by atoms with Crippen molar-refractivity contribution in [1.29, 1.82) is 0 Å². The normalized spacial score (nSPS) is 22.3. The molecule has 0 radical (unpaired) electrons. The SMILES string of the molecule is Cc1cnc(CC(C)C(=O)Nc2cc3cc(C4=CC(C)NC=C4OC4CCC(O)CC4)c(F)cn3n2)nc1. The van der Waals surface area contributed by atoms with Gasteiger partial charge in [0.1, 0.15) is 17.4 Å². The molecule has 0 aromatic carbocycles. The Labute approximate surface area is 220 Å². The maximum Gasteiger partial charge on any atom is 0.228 e. The maximum atomic E-state index is 15.4. The van der Waals surface area contributed by atoms with Gasteiger partial charge in [-0.1, -0.05) is 13.0 Å². The van der Waals surface area contributed by atoms with Gasteiger partial charge in [-0.25, -0.2) is 18.9 Å². The lowest BCUT2D eigenvalue weighted by atomic mass is 9.94. The molecule has 4 heterocycles. The molecule has 10 heteroatoms. The first-order valence-corrected chi connectivity index (χ1v) is 13.1. The number of aliphatic hydroxyl groups excluding tert-OH is 1. The monoisotopic (exact) mass is 520 g/mol. The average Bonchev–Trinajstić information content (AvgIpc) is 3.28. The Morgan fingerprint density at radius 1 is 1.26 bits per heavy atom. The summed E-state index contributed by atoms with van der Waals surface area (Å²) in [5, 5.41) is 20.2. The zero-order chi connectivity index (χ0) is 26.8. The molecule has 1 amide bonds. The van der Waals surface area contributed by atoms with Crippen molar-refractivity contribution in [2.24, 2.45) is 5.92 Å². The van der Waals surface area contributed by atoms with Crippen LogP contribution in [0, 0.1) is 18.7 Å². The minimum Gasteiger partial charge on any atom is -0.488 e. The van der Waals surface area contributed by atoms with Crippen LogP contribution in [-0.4, -0.2) is 48.8 Å². The van der Waals surface area contributed by atoms with Crippen LogP contribution in [0.25, 0.3) is 11.1 Å². The number of hydrogen-bond acceptors (Lipinski definition) is 7. The smallest absolute Gasteiger partial charge is 0.228 e. The highest BCUT2D eigenvalue weighted by molar-refractivity contribution is 5.92. The molecule has 2 aliphatic rings. The summed E-state index contributed by atoms with van der Waals surface area (Å²) in [6, 6.07) is 3.43. The minimum atomic E-state index is -0.447. The fourth-order valence-corrected chi connectivity index (χ4v) is 4.75. The number of rotatable bonds is 7. The third kappa shape index (κ3) is 5.85. The van der Waals surface area contributed by atoms with Gasteiger partial charge >= 0.3 is 0 Å². The molecule has 0 bridgehead atoms. The number of halogens is 1. The average molecular weight is 521 g/mol. The molecular weight excluding hydrogens is 487 g/mol. The highest BCUT2D eigenvalue weighted by Crippen LogP contribution is 2.33. The van der Waals surface area contributed by atoms with Crippen LogP contribution in [0.3, 0.4) is 0 Å². The topological polar surface area (TPSA) is 114 Å². The number of dihydropyridines is 1. The van der Waals surface area contributed by atoms with E-state index in [4.69, 9.17) is 4.74 Å². The Morgan fingerprint density at radius 2 is 2.00 bits per heavy atom. The number of amides is 1. The number of nitrogens with one attached hydrogen (secondary N) is 2. The quantitative estimate of drug-likeness (QED) is 0.433. The van der Waals surface area contributed by atoms with Crippen molar-refractivity contribution in [1.82, 2.24) is 24.9 Å². The van der Waals surface area contributed by atoms with E-state index in [9.17, 15) is 9.90 Å². The van der Waals surface area contributed by atoms with E-state index in [0.29, 0.717) is 53.3 Å². The summed E-state index contributed by atoms with van der Waals surface area (Å²) in [6.07, 6.45) is 11.5. The Hall–Kier alpha value is -3.79. The van der Waals surface area contributed by atoms with Gasteiger partial charge < -0.3 is 20.5 Å². The molecule has 2 atom stereocenters. The number of allylic oxidation sites excluding steroid dienone is 1. The van der Waals surface area contributed by atoms with E-state index in [2.05, 4.69) is 25.7 Å². The molecule has 0 spiro atoms. The van der Waals surface area contributed by atoms with Gasteiger partial charge in [0, 0.05) is 54.2 Å². The zero-order valence-electron chi connectivity index (χ0n) is 21.8. The van der Waals surface area contributed by atoms with Crippen molar-refractivity contribution in [3.8, 4) is 0 Å². The molecule has 1 aliphatic carbocycles. The van der Waals surface area contributed by atoms with Crippen LogP contribution in [0.1, 0.15) is 56.5 Å². The van der Waals surface area contributed by atoms with Crippen LogP contribution in [-0.2, 0) is 16.0 Å². The number of hydrogen-bond donors (Lipinski definition) is 3. The summed E-state index contributed by atoms with van der Waals surface area (Å²) in [6.45, 7) is 5.69. The van der Waals surface area contributed by atoms with Crippen molar-refractivity contribution in [2.45, 2.75) is 71.1 Å². The van der Waals surface area contributed by atoms with Gasteiger partial charge in [0.25, 0.3) is 0 Å². The van der Waals surface area contributed by atoms with Gasteiger partial charge in [-0.2, -0.15) is 0 Å². The zero-order valence-corrected chi connectivity index (χ0v) is 21.8. The molecule has 2 unspecified atom stereocenters. The molecule has 9 nitrogen and oxygen atoms in total. The van der Waals surface area contributed by atoms with Crippen molar-refractivity contribution < 1.29 is 19.0 Å². The van der Waals surface area contributed by atoms with Crippen LogP contribution in [0.5, 0.6) is 0 Å². The molecule has 3 aromatic rings. The number of nitrogens with zero attached hydrogens (tertiary/aromatic N) is 4. The van der Waals surface area contributed by atoms with E-state index in [-0.39, 0.29) is 30.1 Å².